The number of carboxylic acid groups (broad SMARTS) is 1. The lowest BCUT2D eigenvalue weighted by Crippen LogP contribution is -2.29. The van der Waals surface area contributed by atoms with E-state index >= 15 is 0 Å². The summed E-state index contributed by atoms with van der Waals surface area (Å²) in [5.41, 5.74) is 1.98. The zero-order valence-corrected chi connectivity index (χ0v) is 11.8. The standard InChI is InChI=1S/C14H13N3O3S/c18-13(9-5-15-10-4-2-1-3-8(9)10)16-6-12-17-11(7-21-12)14(19)20/h1-4,7,9,15H,5-6H2,(H,16,18)(H,19,20). The van der Waals surface area contributed by atoms with Crippen molar-refractivity contribution in [1.82, 2.24) is 10.3 Å². The Morgan fingerprint density at radius 1 is 1.43 bits per heavy atom. The topological polar surface area (TPSA) is 91.3 Å². The number of nitrogens with zero attached hydrogens (tertiary/aromatic N) is 1. The van der Waals surface area contributed by atoms with E-state index in [1.165, 1.54) is 16.7 Å². The van der Waals surface area contributed by atoms with E-state index in [-0.39, 0.29) is 24.1 Å². The highest BCUT2D eigenvalue weighted by Gasteiger charge is 2.27. The minimum atomic E-state index is -1.06. The van der Waals surface area contributed by atoms with Crippen LogP contribution in [-0.2, 0) is 11.3 Å². The third kappa shape index (κ3) is 2.73. The number of thiazole rings is 1. The van der Waals surface area contributed by atoms with Crippen LogP contribution in [0, 0.1) is 0 Å². The summed E-state index contributed by atoms with van der Waals surface area (Å²) in [5, 5.41) is 16.9. The second-order valence-corrected chi connectivity index (χ2v) is 5.61. The monoisotopic (exact) mass is 303 g/mol. The number of anilines is 1. The summed E-state index contributed by atoms with van der Waals surface area (Å²) in [6, 6.07) is 7.72. The number of hydrogen-bond acceptors (Lipinski definition) is 5. The van der Waals surface area contributed by atoms with Gasteiger partial charge in [0.1, 0.15) is 5.01 Å². The fourth-order valence-corrected chi connectivity index (χ4v) is 3.00. The third-order valence-corrected chi connectivity index (χ3v) is 4.18. The molecule has 1 amide bonds. The van der Waals surface area contributed by atoms with E-state index in [0.29, 0.717) is 11.6 Å². The second kappa shape index (κ2) is 5.53. The van der Waals surface area contributed by atoms with Gasteiger partial charge in [0, 0.05) is 17.6 Å². The largest absolute Gasteiger partial charge is 0.476 e. The summed E-state index contributed by atoms with van der Waals surface area (Å²) in [5.74, 6) is -1.36. The number of hydrogen-bond donors (Lipinski definition) is 3. The van der Waals surface area contributed by atoms with Crippen LogP contribution >= 0.6 is 11.3 Å². The van der Waals surface area contributed by atoms with E-state index in [4.69, 9.17) is 5.11 Å². The van der Waals surface area contributed by atoms with Crippen molar-refractivity contribution in [2.45, 2.75) is 12.5 Å². The Labute approximate surface area is 124 Å². The molecule has 0 bridgehead atoms. The zero-order chi connectivity index (χ0) is 14.8. The molecule has 6 nitrogen and oxygen atoms in total. The summed E-state index contributed by atoms with van der Waals surface area (Å²) >= 11 is 1.23. The van der Waals surface area contributed by atoms with Crippen molar-refractivity contribution in [3.63, 3.8) is 0 Å². The highest BCUT2D eigenvalue weighted by molar-refractivity contribution is 7.09. The Morgan fingerprint density at radius 2 is 2.24 bits per heavy atom. The maximum absolute atomic E-state index is 12.2. The van der Waals surface area contributed by atoms with Crippen LogP contribution in [0.4, 0.5) is 5.69 Å². The lowest BCUT2D eigenvalue weighted by Gasteiger charge is -2.10. The van der Waals surface area contributed by atoms with Crippen molar-refractivity contribution >= 4 is 28.9 Å². The van der Waals surface area contributed by atoms with Crippen LogP contribution in [0.15, 0.2) is 29.6 Å². The minimum absolute atomic E-state index is 0.0112. The molecular weight excluding hydrogens is 290 g/mol. The van der Waals surface area contributed by atoms with Gasteiger partial charge in [-0.25, -0.2) is 9.78 Å². The van der Waals surface area contributed by atoms with E-state index < -0.39 is 5.97 Å². The average Bonchev–Trinajstić information content (AvgIpc) is 3.11. The Kier molecular flexibility index (Phi) is 3.57. The van der Waals surface area contributed by atoms with Gasteiger partial charge in [-0.05, 0) is 11.6 Å². The van der Waals surface area contributed by atoms with E-state index in [0.717, 1.165) is 11.3 Å². The van der Waals surface area contributed by atoms with Crippen LogP contribution in [0.5, 0.6) is 0 Å². The van der Waals surface area contributed by atoms with Crippen LogP contribution in [0.2, 0.25) is 0 Å². The maximum atomic E-state index is 12.2. The van der Waals surface area contributed by atoms with E-state index in [9.17, 15) is 9.59 Å². The van der Waals surface area contributed by atoms with E-state index in [1.807, 2.05) is 24.3 Å². The number of carboxylic acids is 1. The molecule has 1 aliphatic rings. The highest BCUT2D eigenvalue weighted by Crippen LogP contribution is 2.31. The molecule has 0 aliphatic carbocycles. The fourth-order valence-electron chi connectivity index (χ4n) is 2.29. The van der Waals surface area contributed by atoms with Crippen molar-refractivity contribution in [3.05, 3.63) is 45.9 Å². The van der Waals surface area contributed by atoms with Gasteiger partial charge >= 0.3 is 5.97 Å². The van der Waals surface area contributed by atoms with Crippen LogP contribution in [0.1, 0.15) is 27.0 Å². The smallest absolute Gasteiger partial charge is 0.355 e. The van der Waals surface area contributed by atoms with Crippen molar-refractivity contribution in [2.75, 3.05) is 11.9 Å². The molecule has 0 fully saturated rings. The quantitative estimate of drug-likeness (QED) is 0.799. The Hall–Kier alpha value is -2.41. The third-order valence-electron chi connectivity index (χ3n) is 3.33. The summed E-state index contributed by atoms with van der Waals surface area (Å²) in [4.78, 5) is 26.9. The molecule has 0 spiro atoms. The molecule has 1 atom stereocenters. The van der Waals surface area contributed by atoms with Crippen molar-refractivity contribution in [2.24, 2.45) is 0 Å². The van der Waals surface area contributed by atoms with Crippen LogP contribution in [0.3, 0.4) is 0 Å². The average molecular weight is 303 g/mol. The molecule has 108 valence electrons. The SMILES string of the molecule is O=C(O)c1csc(CNC(=O)C2CNc3ccccc32)n1. The molecule has 1 aromatic heterocycles. The zero-order valence-electron chi connectivity index (χ0n) is 11.0. The van der Waals surface area contributed by atoms with E-state index in [2.05, 4.69) is 15.6 Å². The number of rotatable bonds is 4. The number of aromatic carboxylic acids is 1. The first kappa shape index (κ1) is 13.6. The van der Waals surface area contributed by atoms with Gasteiger partial charge in [0.2, 0.25) is 5.91 Å². The summed E-state index contributed by atoms with van der Waals surface area (Å²) in [7, 11) is 0. The van der Waals surface area contributed by atoms with Gasteiger partial charge in [0.25, 0.3) is 0 Å². The van der Waals surface area contributed by atoms with Gasteiger partial charge in [-0.15, -0.1) is 11.3 Å². The first-order chi connectivity index (χ1) is 10.1. The molecule has 1 unspecified atom stereocenters. The number of fused-ring (bicyclic) bond motifs is 1. The molecule has 2 heterocycles. The number of nitrogens with one attached hydrogen (secondary N) is 2. The number of benzene rings is 1. The fraction of sp³-hybridized carbons (Fsp3) is 0.214. The number of carbonyl (C=O) groups is 2. The molecule has 1 aliphatic heterocycles. The Morgan fingerprint density at radius 3 is 3.00 bits per heavy atom. The van der Waals surface area contributed by atoms with Crippen LogP contribution < -0.4 is 10.6 Å². The molecule has 21 heavy (non-hydrogen) atoms. The summed E-state index contributed by atoms with van der Waals surface area (Å²) in [6.07, 6.45) is 0. The summed E-state index contributed by atoms with van der Waals surface area (Å²) < 4.78 is 0. The Balaban J connectivity index is 1.63. The number of para-hydroxylation sites is 1. The molecule has 3 rings (SSSR count). The normalized spacial score (nSPS) is 16.1. The lowest BCUT2D eigenvalue weighted by molar-refractivity contribution is -0.122. The maximum Gasteiger partial charge on any atom is 0.355 e. The molecule has 0 saturated carbocycles. The first-order valence-corrected chi connectivity index (χ1v) is 7.31. The highest BCUT2D eigenvalue weighted by atomic mass is 32.1. The molecule has 0 radical (unpaired) electrons. The second-order valence-electron chi connectivity index (χ2n) is 4.67. The van der Waals surface area contributed by atoms with Crippen molar-refractivity contribution in [1.29, 1.82) is 0 Å². The van der Waals surface area contributed by atoms with Gasteiger partial charge in [0.05, 0.1) is 12.5 Å². The molecule has 2 aromatic rings. The molecular formula is C14H13N3O3S. The molecule has 1 aromatic carbocycles. The summed E-state index contributed by atoms with van der Waals surface area (Å²) in [6.45, 7) is 0.818. The van der Waals surface area contributed by atoms with Crippen LogP contribution in [0.25, 0.3) is 0 Å². The first-order valence-electron chi connectivity index (χ1n) is 6.43. The van der Waals surface area contributed by atoms with Gasteiger partial charge in [-0.3, -0.25) is 4.79 Å². The molecule has 0 saturated heterocycles. The van der Waals surface area contributed by atoms with Crippen LogP contribution in [-0.4, -0.2) is 28.5 Å². The number of amides is 1. The number of carbonyl (C=O) groups excluding carboxylic acids is 1. The van der Waals surface area contributed by atoms with Gasteiger partial charge < -0.3 is 15.7 Å². The van der Waals surface area contributed by atoms with Gasteiger partial charge in [-0.2, -0.15) is 0 Å². The van der Waals surface area contributed by atoms with Gasteiger partial charge in [0.15, 0.2) is 5.69 Å². The lowest BCUT2D eigenvalue weighted by atomic mass is 10.0. The van der Waals surface area contributed by atoms with E-state index in [1.54, 1.807) is 0 Å². The van der Waals surface area contributed by atoms with Gasteiger partial charge in [-0.1, -0.05) is 18.2 Å². The predicted octanol–water partition coefficient (Wildman–Crippen LogP) is 1.67. The number of aromatic nitrogens is 1. The molecule has 7 heteroatoms. The predicted molar refractivity (Wildman–Crippen MR) is 78.6 cm³/mol. The molecule has 3 N–H and O–H groups in total. The van der Waals surface area contributed by atoms with Crippen molar-refractivity contribution in [3.8, 4) is 0 Å². The van der Waals surface area contributed by atoms with Crippen molar-refractivity contribution < 1.29 is 14.7 Å². The minimum Gasteiger partial charge on any atom is -0.476 e. The Bertz CT molecular complexity index is 698.